The van der Waals surface area contributed by atoms with Gasteiger partial charge in [0.1, 0.15) is 5.82 Å². The first-order chi connectivity index (χ1) is 9.70. The third kappa shape index (κ3) is 5.32. The summed E-state index contributed by atoms with van der Waals surface area (Å²) in [7, 11) is 0. The number of aryl methyl sites for hydroxylation is 2. The van der Waals surface area contributed by atoms with Crippen molar-refractivity contribution < 1.29 is 4.39 Å². The van der Waals surface area contributed by atoms with Crippen LogP contribution in [-0.4, -0.2) is 0 Å². The van der Waals surface area contributed by atoms with Crippen LogP contribution in [-0.2, 0) is 12.8 Å². The van der Waals surface area contributed by atoms with Gasteiger partial charge in [-0.15, -0.1) is 0 Å². The average Bonchev–Trinajstić information content (AvgIpc) is 2.46. The van der Waals surface area contributed by atoms with Gasteiger partial charge >= 0.3 is 0 Å². The topological polar surface area (TPSA) is 0 Å². The van der Waals surface area contributed by atoms with Gasteiger partial charge in [0.2, 0.25) is 0 Å². The van der Waals surface area contributed by atoms with Crippen LogP contribution in [0.15, 0.2) is 36.4 Å². The molecule has 0 atom stereocenters. The van der Waals surface area contributed by atoms with Gasteiger partial charge in [0.05, 0.1) is 0 Å². The Bertz CT molecular complexity index is 412. The fourth-order valence-corrected chi connectivity index (χ4v) is 2.29. The van der Waals surface area contributed by atoms with Gasteiger partial charge in [-0.1, -0.05) is 50.3 Å². The molecule has 0 bridgehead atoms. The van der Waals surface area contributed by atoms with E-state index in [2.05, 4.69) is 44.2 Å². The fourth-order valence-electron chi connectivity index (χ4n) is 2.29. The van der Waals surface area contributed by atoms with E-state index >= 15 is 0 Å². The average molecular weight is 274 g/mol. The summed E-state index contributed by atoms with van der Waals surface area (Å²) < 4.78 is 14.3. The molecule has 0 nitrogen and oxygen atoms in total. The molecule has 20 heavy (non-hydrogen) atoms. The van der Waals surface area contributed by atoms with E-state index in [0.717, 1.165) is 55.2 Å². The van der Waals surface area contributed by atoms with Crippen molar-refractivity contribution in [2.75, 3.05) is 0 Å². The molecule has 1 rings (SSSR count). The van der Waals surface area contributed by atoms with Crippen molar-refractivity contribution in [3.05, 3.63) is 58.9 Å². The number of halogens is 1. The molecule has 0 heterocycles. The SMILES string of the molecule is CC/C=C/CCc1ccc(CC/C=C/CC)c(F)c1C. The lowest BCUT2D eigenvalue weighted by atomic mass is 9.98. The summed E-state index contributed by atoms with van der Waals surface area (Å²) in [4.78, 5) is 0. The molecule has 110 valence electrons. The van der Waals surface area contributed by atoms with Gasteiger partial charge < -0.3 is 0 Å². The Morgan fingerprint density at radius 2 is 1.35 bits per heavy atom. The van der Waals surface area contributed by atoms with E-state index in [1.807, 2.05) is 13.0 Å². The minimum atomic E-state index is -0.00753. The second-order valence-corrected chi connectivity index (χ2v) is 5.16. The zero-order chi connectivity index (χ0) is 14.8. The predicted molar refractivity (Wildman–Crippen MR) is 86.6 cm³/mol. The first-order valence-electron chi connectivity index (χ1n) is 7.77. The lowest BCUT2D eigenvalue weighted by Crippen LogP contribution is -1.98. The summed E-state index contributed by atoms with van der Waals surface area (Å²) in [5.74, 6) is -0.00753. The van der Waals surface area contributed by atoms with Crippen LogP contribution in [0.1, 0.15) is 56.2 Å². The largest absolute Gasteiger partial charge is 0.206 e. The highest BCUT2D eigenvalue weighted by Gasteiger charge is 2.08. The van der Waals surface area contributed by atoms with Crippen LogP contribution >= 0.6 is 0 Å². The van der Waals surface area contributed by atoms with Crippen molar-refractivity contribution in [2.45, 2.75) is 59.3 Å². The van der Waals surface area contributed by atoms with Crippen LogP contribution < -0.4 is 0 Å². The summed E-state index contributed by atoms with van der Waals surface area (Å²) in [6.45, 7) is 6.14. The fraction of sp³-hybridized carbons (Fsp3) is 0.474. The smallest absolute Gasteiger partial charge is 0.129 e. The maximum atomic E-state index is 14.3. The summed E-state index contributed by atoms with van der Waals surface area (Å²) in [5.41, 5.74) is 2.80. The van der Waals surface area contributed by atoms with E-state index in [-0.39, 0.29) is 5.82 Å². The van der Waals surface area contributed by atoms with E-state index in [9.17, 15) is 4.39 Å². The minimum Gasteiger partial charge on any atom is -0.206 e. The molecule has 0 unspecified atom stereocenters. The van der Waals surface area contributed by atoms with Crippen molar-refractivity contribution in [2.24, 2.45) is 0 Å². The first-order valence-corrected chi connectivity index (χ1v) is 7.77. The highest BCUT2D eigenvalue weighted by molar-refractivity contribution is 5.33. The molecular weight excluding hydrogens is 247 g/mol. The Kier molecular flexibility index (Phi) is 7.94. The van der Waals surface area contributed by atoms with Crippen LogP contribution in [0.4, 0.5) is 4.39 Å². The number of hydrogen-bond acceptors (Lipinski definition) is 0. The molecule has 0 spiro atoms. The summed E-state index contributed by atoms with van der Waals surface area (Å²) in [6, 6.07) is 4.05. The molecule has 0 aliphatic heterocycles. The third-order valence-electron chi connectivity index (χ3n) is 3.54. The summed E-state index contributed by atoms with van der Waals surface area (Å²) in [6.07, 6.45) is 14.4. The van der Waals surface area contributed by atoms with Gasteiger partial charge in [-0.3, -0.25) is 0 Å². The van der Waals surface area contributed by atoms with Crippen LogP contribution in [0.25, 0.3) is 0 Å². The Morgan fingerprint density at radius 1 is 0.850 bits per heavy atom. The van der Waals surface area contributed by atoms with Gasteiger partial charge in [-0.25, -0.2) is 4.39 Å². The summed E-state index contributed by atoms with van der Waals surface area (Å²) >= 11 is 0. The first kappa shape index (κ1) is 16.7. The molecule has 0 radical (unpaired) electrons. The van der Waals surface area contributed by atoms with Crippen molar-refractivity contribution in [1.82, 2.24) is 0 Å². The second-order valence-electron chi connectivity index (χ2n) is 5.16. The molecule has 0 fully saturated rings. The highest BCUT2D eigenvalue weighted by Crippen LogP contribution is 2.20. The number of allylic oxidation sites excluding steroid dienone is 4. The van der Waals surface area contributed by atoms with Gasteiger partial charge in [-0.05, 0) is 62.1 Å². The van der Waals surface area contributed by atoms with Crippen molar-refractivity contribution in [3.8, 4) is 0 Å². The molecular formula is C19H27F. The maximum Gasteiger partial charge on any atom is 0.129 e. The zero-order valence-corrected chi connectivity index (χ0v) is 13.1. The van der Waals surface area contributed by atoms with Gasteiger partial charge in [0.25, 0.3) is 0 Å². The van der Waals surface area contributed by atoms with E-state index in [1.54, 1.807) is 0 Å². The van der Waals surface area contributed by atoms with Crippen molar-refractivity contribution >= 4 is 0 Å². The van der Waals surface area contributed by atoms with Crippen molar-refractivity contribution in [3.63, 3.8) is 0 Å². The Morgan fingerprint density at radius 3 is 1.90 bits per heavy atom. The lowest BCUT2D eigenvalue weighted by molar-refractivity contribution is 0.597. The van der Waals surface area contributed by atoms with E-state index in [0.29, 0.717) is 0 Å². The molecule has 1 aromatic carbocycles. The van der Waals surface area contributed by atoms with Gasteiger partial charge in [0, 0.05) is 0 Å². The number of rotatable bonds is 8. The van der Waals surface area contributed by atoms with Crippen LogP contribution in [0, 0.1) is 12.7 Å². The maximum absolute atomic E-state index is 14.3. The molecule has 0 aromatic heterocycles. The van der Waals surface area contributed by atoms with Gasteiger partial charge in [0.15, 0.2) is 0 Å². The lowest BCUT2D eigenvalue weighted by Gasteiger charge is -2.10. The summed E-state index contributed by atoms with van der Waals surface area (Å²) in [5, 5.41) is 0. The Labute approximate surface area is 123 Å². The zero-order valence-electron chi connectivity index (χ0n) is 13.1. The predicted octanol–water partition coefficient (Wildman–Crippen LogP) is 5.93. The highest BCUT2D eigenvalue weighted by atomic mass is 19.1. The van der Waals surface area contributed by atoms with Gasteiger partial charge in [-0.2, -0.15) is 0 Å². The van der Waals surface area contributed by atoms with Crippen LogP contribution in [0.2, 0.25) is 0 Å². The minimum absolute atomic E-state index is 0.00753. The molecule has 0 saturated heterocycles. The third-order valence-corrected chi connectivity index (χ3v) is 3.54. The van der Waals surface area contributed by atoms with Crippen LogP contribution in [0.5, 0.6) is 0 Å². The molecule has 0 amide bonds. The Hall–Kier alpha value is -1.37. The molecule has 0 aliphatic carbocycles. The standard InChI is InChI=1S/C19H27F/c1-4-6-8-10-12-17-14-15-18(19(20)16(17)3)13-11-9-7-5-2/h6-9,14-15H,4-5,10-13H2,1-3H3/b8-6+,9-7+. The molecule has 1 aromatic rings. The number of hydrogen-bond donors (Lipinski definition) is 0. The molecule has 0 saturated carbocycles. The normalized spacial score (nSPS) is 11.8. The van der Waals surface area contributed by atoms with Crippen molar-refractivity contribution in [1.29, 1.82) is 0 Å². The molecule has 1 heteroatoms. The van der Waals surface area contributed by atoms with E-state index in [1.165, 1.54) is 0 Å². The van der Waals surface area contributed by atoms with Crippen LogP contribution in [0.3, 0.4) is 0 Å². The second kappa shape index (κ2) is 9.52. The Balaban J connectivity index is 2.66. The van der Waals surface area contributed by atoms with E-state index in [4.69, 9.17) is 0 Å². The number of benzene rings is 1. The molecule has 0 aliphatic rings. The monoisotopic (exact) mass is 274 g/mol. The molecule has 0 N–H and O–H groups in total. The van der Waals surface area contributed by atoms with E-state index < -0.39 is 0 Å². The quantitative estimate of drug-likeness (QED) is 0.515.